The Hall–Kier alpha value is -1.88. The van der Waals surface area contributed by atoms with Crippen LogP contribution in [0.5, 0.6) is 0 Å². The van der Waals surface area contributed by atoms with E-state index < -0.39 is 12.1 Å². The molecule has 0 radical (unpaired) electrons. The molecule has 5 nitrogen and oxygen atoms in total. The van der Waals surface area contributed by atoms with Gasteiger partial charge in [-0.3, -0.25) is 9.59 Å². The number of aliphatic hydroxyl groups excluding tert-OH is 1. The highest BCUT2D eigenvalue weighted by atomic mass is 16.3. The maximum Gasteiger partial charge on any atom is 0.242 e. The summed E-state index contributed by atoms with van der Waals surface area (Å²) in [5.74, 6) is 0.177. The van der Waals surface area contributed by atoms with Crippen LogP contribution >= 0.6 is 0 Å². The zero-order valence-electron chi connectivity index (χ0n) is 14.7. The molecule has 1 aliphatic carbocycles. The van der Waals surface area contributed by atoms with Crippen molar-refractivity contribution >= 4 is 11.8 Å². The van der Waals surface area contributed by atoms with Crippen LogP contribution in [0.4, 0.5) is 0 Å². The quantitative estimate of drug-likeness (QED) is 0.828. The summed E-state index contributed by atoms with van der Waals surface area (Å²) in [6, 6.07) is 9.23. The summed E-state index contributed by atoms with van der Waals surface area (Å²) in [5.41, 5.74) is 0.968. The Morgan fingerprint density at radius 1 is 1.12 bits per heavy atom. The average Bonchev–Trinajstić information content (AvgIpc) is 3.31. The number of hydrogen-bond acceptors (Lipinski definition) is 3. The van der Waals surface area contributed by atoms with E-state index in [2.05, 4.69) is 5.32 Å². The van der Waals surface area contributed by atoms with E-state index in [9.17, 15) is 14.7 Å². The average molecular weight is 344 g/mol. The first kappa shape index (κ1) is 17.9. The van der Waals surface area contributed by atoms with Gasteiger partial charge in [-0.05, 0) is 37.2 Å². The number of nitrogens with zero attached hydrogens (tertiary/aromatic N) is 1. The fourth-order valence-corrected chi connectivity index (χ4v) is 4.04. The third kappa shape index (κ3) is 4.60. The SMILES string of the molecule is O=C(NCC(O)C1CCCC1)C1CCCN1C(=O)Cc1ccccc1. The summed E-state index contributed by atoms with van der Waals surface area (Å²) in [6.07, 6.45) is 5.83. The van der Waals surface area contributed by atoms with E-state index in [1.54, 1.807) is 4.90 Å². The fraction of sp³-hybridized carbons (Fsp3) is 0.600. The van der Waals surface area contributed by atoms with Crippen molar-refractivity contribution in [1.29, 1.82) is 0 Å². The minimum Gasteiger partial charge on any atom is -0.391 e. The molecule has 1 saturated heterocycles. The maximum absolute atomic E-state index is 12.6. The van der Waals surface area contributed by atoms with E-state index in [1.807, 2.05) is 30.3 Å². The summed E-state index contributed by atoms with van der Waals surface area (Å²) >= 11 is 0. The van der Waals surface area contributed by atoms with Crippen LogP contribution in [0.3, 0.4) is 0 Å². The Morgan fingerprint density at radius 2 is 1.84 bits per heavy atom. The van der Waals surface area contributed by atoms with Crippen molar-refractivity contribution < 1.29 is 14.7 Å². The molecule has 2 atom stereocenters. The number of nitrogens with one attached hydrogen (secondary N) is 1. The van der Waals surface area contributed by atoms with Crippen molar-refractivity contribution in [1.82, 2.24) is 10.2 Å². The van der Waals surface area contributed by atoms with Gasteiger partial charge < -0.3 is 15.3 Å². The molecule has 2 unspecified atom stereocenters. The first-order chi connectivity index (χ1) is 12.1. The van der Waals surface area contributed by atoms with Gasteiger partial charge in [-0.25, -0.2) is 0 Å². The second-order valence-electron chi connectivity index (χ2n) is 7.26. The maximum atomic E-state index is 12.6. The Labute approximate surface area is 149 Å². The van der Waals surface area contributed by atoms with E-state index in [0.717, 1.165) is 24.8 Å². The van der Waals surface area contributed by atoms with Crippen molar-refractivity contribution in [3.63, 3.8) is 0 Å². The van der Waals surface area contributed by atoms with Crippen molar-refractivity contribution in [2.75, 3.05) is 13.1 Å². The molecule has 1 aromatic rings. The molecule has 1 aromatic carbocycles. The highest BCUT2D eigenvalue weighted by Gasteiger charge is 2.34. The molecule has 0 aromatic heterocycles. The number of likely N-dealkylation sites (tertiary alicyclic amines) is 1. The van der Waals surface area contributed by atoms with Crippen LogP contribution in [0.25, 0.3) is 0 Å². The van der Waals surface area contributed by atoms with Crippen molar-refractivity contribution in [2.24, 2.45) is 5.92 Å². The second-order valence-corrected chi connectivity index (χ2v) is 7.26. The normalized spacial score (nSPS) is 22.1. The standard InChI is InChI=1S/C20H28N2O3/c23-18(16-9-4-5-10-16)14-21-20(25)17-11-6-12-22(17)19(24)13-15-7-2-1-3-8-15/h1-3,7-8,16-18,23H,4-6,9-14H2,(H,21,25). The Balaban J connectivity index is 1.51. The molecule has 1 heterocycles. The molecule has 1 saturated carbocycles. The Bertz CT molecular complexity index is 584. The number of carbonyl (C=O) groups is 2. The van der Waals surface area contributed by atoms with E-state index in [-0.39, 0.29) is 11.8 Å². The van der Waals surface area contributed by atoms with Crippen molar-refractivity contribution in [3.05, 3.63) is 35.9 Å². The molecule has 5 heteroatoms. The summed E-state index contributed by atoms with van der Waals surface area (Å²) in [7, 11) is 0. The fourth-order valence-electron chi connectivity index (χ4n) is 4.04. The molecular formula is C20H28N2O3. The molecule has 2 N–H and O–H groups in total. The Morgan fingerprint density at radius 3 is 2.56 bits per heavy atom. The van der Waals surface area contributed by atoms with Crippen LogP contribution in [0, 0.1) is 5.92 Å². The molecule has 1 aliphatic heterocycles. The van der Waals surface area contributed by atoms with Gasteiger partial charge in [0.25, 0.3) is 0 Å². The van der Waals surface area contributed by atoms with Crippen LogP contribution in [0.2, 0.25) is 0 Å². The van der Waals surface area contributed by atoms with Gasteiger partial charge in [-0.1, -0.05) is 43.2 Å². The molecule has 3 rings (SSSR count). The lowest BCUT2D eigenvalue weighted by Gasteiger charge is -2.25. The lowest BCUT2D eigenvalue weighted by molar-refractivity contribution is -0.138. The van der Waals surface area contributed by atoms with Gasteiger partial charge in [-0.15, -0.1) is 0 Å². The summed E-state index contributed by atoms with van der Waals surface area (Å²) < 4.78 is 0. The number of hydrogen-bond donors (Lipinski definition) is 2. The van der Waals surface area contributed by atoms with Crippen LogP contribution in [0.1, 0.15) is 44.1 Å². The molecule has 0 bridgehead atoms. The van der Waals surface area contributed by atoms with E-state index >= 15 is 0 Å². The molecule has 0 spiro atoms. The first-order valence-corrected chi connectivity index (χ1v) is 9.44. The molecular weight excluding hydrogens is 316 g/mol. The predicted molar refractivity (Wildman–Crippen MR) is 95.9 cm³/mol. The van der Waals surface area contributed by atoms with E-state index in [0.29, 0.717) is 31.8 Å². The van der Waals surface area contributed by atoms with Gasteiger partial charge >= 0.3 is 0 Å². The highest BCUT2D eigenvalue weighted by molar-refractivity contribution is 5.89. The minimum atomic E-state index is -0.471. The molecule has 25 heavy (non-hydrogen) atoms. The number of carbonyl (C=O) groups excluding carboxylic acids is 2. The zero-order valence-corrected chi connectivity index (χ0v) is 14.7. The van der Waals surface area contributed by atoms with Gasteiger partial charge in [0, 0.05) is 13.1 Å². The van der Waals surface area contributed by atoms with Crippen molar-refractivity contribution in [2.45, 2.75) is 57.1 Å². The van der Waals surface area contributed by atoms with E-state index in [1.165, 1.54) is 12.8 Å². The second kappa shape index (κ2) is 8.48. The lowest BCUT2D eigenvalue weighted by atomic mass is 10.0. The summed E-state index contributed by atoms with van der Waals surface area (Å²) in [4.78, 5) is 26.8. The van der Waals surface area contributed by atoms with Crippen molar-refractivity contribution in [3.8, 4) is 0 Å². The number of amides is 2. The third-order valence-electron chi connectivity index (χ3n) is 5.50. The van der Waals surface area contributed by atoms with Gasteiger partial charge in [-0.2, -0.15) is 0 Å². The van der Waals surface area contributed by atoms with Gasteiger partial charge in [0.15, 0.2) is 0 Å². The minimum absolute atomic E-state index is 0.000177. The molecule has 2 aliphatic rings. The lowest BCUT2D eigenvalue weighted by Crippen LogP contribution is -2.48. The van der Waals surface area contributed by atoms with Crippen LogP contribution in [-0.4, -0.2) is 47.1 Å². The predicted octanol–water partition coefficient (Wildman–Crippen LogP) is 1.89. The molecule has 2 fully saturated rings. The summed E-state index contributed by atoms with van der Waals surface area (Å²) in [5, 5.41) is 13.1. The first-order valence-electron chi connectivity index (χ1n) is 9.44. The largest absolute Gasteiger partial charge is 0.391 e. The third-order valence-corrected chi connectivity index (χ3v) is 5.50. The van der Waals surface area contributed by atoms with Gasteiger partial charge in [0.1, 0.15) is 6.04 Å². The monoisotopic (exact) mass is 344 g/mol. The number of rotatable bonds is 6. The topological polar surface area (TPSA) is 69.6 Å². The smallest absolute Gasteiger partial charge is 0.242 e. The van der Waals surface area contributed by atoms with Crippen LogP contribution < -0.4 is 5.32 Å². The number of aliphatic hydroxyl groups is 1. The summed E-state index contributed by atoms with van der Waals surface area (Å²) in [6.45, 7) is 0.926. The number of benzene rings is 1. The molecule has 136 valence electrons. The van der Waals surface area contributed by atoms with E-state index in [4.69, 9.17) is 0 Å². The highest BCUT2D eigenvalue weighted by Crippen LogP contribution is 2.27. The van der Waals surface area contributed by atoms with Crippen LogP contribution in [-0.2, 0) is 16.0 Å². The zero-order chi connectivity index (χ0) is 17.6. The molecule has 2 amide bonds. The Kier molecular flexibility index (Phi) is 6.08. The van der Waals surface area contributed by atoms with Gasteiger partial charge in [0.05, 0.1) is 12.5 Å². The van der Waals surface area contributed by atoms with Gasteiger partial charge in [0.2, 0.25) is 11.8 Å². The van der Waals surface area contributed by atoms with Crippen LogP contribution in [0.15, 0.2) is 30.3 Å².